The Kier molecular flexibility index (Phi) is 7.15. The molecule has 0 saturated heterocycles. The van der Waals surface area contributed by atoms with Crippen LogP contribution in [0.1, 0.15) is 50.3 Å². The fourth-order valence-electron chi connectivity index (χ4n) is 2.20. The summed E-state index contributed by atoms with van der Waals surface area (Å²) in [5.74, 6) is -0.462. The Bertz CT molecular complexity index is 935. The van der Waals surface area contributed by atoms with E-state index in [1.54, 1.807) is 26.8 Å². The Balaban J connectivity index is 2.21. The number of alkyl halides is 3. The number of carbonyl (C=O) groups is 1. The lowest BCUT2D eigenvalue weighted by Crippen LogP contribution is -2.33. The molecule has 2 aromatic heterocycles. The molecule has 0 aliphatic rings. The number of amides is 1. The van der Waals surface area contributed by atoms with Crippen LogP contribution < -0.4 is 10.1 Å². The standard InChI is InChI=1S/C18H18ClF3N4O4/c1-17(2,3)29-16(27)24-7-6-11(12-8-14(19)26-30-12)28-15-10(9-23)4-5-13(25-15)18(20,21)22/h4-5,8,11H,6-7H2,1-3H3,(H,24,27)/t11-/m1/s1. The third-order valence-corrected chi connectivity index (χ3v) is 3.59. The number of rotatable bonds is 6. The van der Waals surface area contributed by atoms with E-state index in [9.17, 15) is 23.2 Å². The third-order valence-electron chi connectivity index (χ3n) is 3.42. The summed E-state index contributed by atoms with van der Waals surface area (Å²) in [5, 5.41) is 15.2. The first-order valence-corrected chi connectivity index (χ1v) is 9.01. The van der Waals surface area contributed by atoms with Crippen molar-refractivity contribution in [2.75, 3.05) is 6.54 Å². The molecule has 2 rings (SSSR count). The molecular weight excluding hydrogens is 429 g/mol. The van der Waals surface area contributed by atoms with Gasteiger partial charge >= 0.3 is 12.3 Å². The van der Waals surface area contributed by atoms with E-state index in [1.165, 1.54) is 6.07 Å². The molecule has 0 aromatic carbocycles. The number of aromatic nitrogens is 2. The van der Waals surface area contributed by atoms with Crippen molar-refractivity contribution in [2.24, 2.45) is 0 Å². The van der Waals surface area contributed by atoms with Crippen LogP contribution >= 0.6 is 11.6 Å². The summed E-state index contributed by atoms with van der Waals surface area (Å²) in [6.45, 7) is 5.09. The van der Waals surface area contributed by atoms with Crippen LogP contribution in [-0.4, -0.2) is 28.4 Å². The maximum Gasteiger partial charge on any atom is 0.433 e. The summed E-state index contributed by atoms with van der Waals surface area (Å²) in [6.07, 6.45) is -6.42. The Morgan fingerprint density at radius 2 is 2.07 bits per heavy atom. The Hall–Kier alpha value is -3.00. The van der Waals surface area contributed by atoms with Gasteiger partial charge in [-0.05, 0) is 32.9 Å². The molecule has 30 heavy (non-hydrogen) atoms. The highest BCUT2D eigenvalue weighted by Gasteiger charge is 2.34. The Labute approximate surface area is 174 Å². The maximum atomic E-state index is 13.0. The lowest BCUT2D eigenvalue weighted by molar-refractivity contribution is -0.141. The van der Waals surface area contributed by atoms with Gasteiger partial charge in [0.1, 0.15) is 22.9 Å². The number of nitrogens with one attached hydrogen (secondary N) is 1. The van der Waals surface area contributed by atoms with Crippen LogP contribution in [0.4, 0.5) is 18.0 Å². The smallest absolute Gasteiger partial charge is 0.433 e. The van der Waals surface area contributed by atoms with Crippen molar-refractivity contribution in [1.82, 2.24) is 15.5 Å². The van der Waals surface area contributed by atoms with Crippen LogP contribution in [-0.2, 0) is 10.9 Å². The predicted octanol–water partition coefficient (Wildman–Crippen LogP) is 4.65. The van der Waals surface area contributed by atoms with Crippen LogP contribution in [0.5, 0.6) is 5.88 Å². The molecule has 0 unspecified atom stereocenters. The molecule has 0 bridgehead atoms. The van der Waals surface area contributed by atoms with Gasteiger partial charge < -0.3 is 19.3 Å². The summed E-state index contributed by atoms with van der Waals surface area (Å²) in [4.78, 5) is 15.2. The first kappa shape index (κ1) is 23.3. The van der Waals surface area contributed by atoms with Gasteiger partial charge in [0.15, 0.2) is 17.0 Å². The molecule has 0 saturated carbocycles. The second kappa shape index (κ2) is 9.21. The zero-order valence-corrected chi connectivity index (χ0v) is 17.0. The average Bonchev–Trinajstić information content (AvgIpc) is 3.04. The van der Waals surface area contributed by atoms with Gasteiger partial charge in [-0.25, -0.2) is 9.78 Å². The number of nitriles is 1. The summed E-state index contributed by atoms with van der Waals surface area (Å²) in [6, 6.07) is 4.65. The zero-order chi connectivity index (χ0) is 22.5. The van der Waals surface area contributed by atoms with Crippen molar-refractivity contribution in [3.05, 3.63) is 40.4 Å². The molecule has 1 atom stereocenters. The number of ether oxygens (including phenoxy) is 2. The Morgan fingerprint density at radius 3 is 2.60 bits per heavy atom. The molecule has 0 aliphatic carbocycles. The first-order chi connectivity index (χ1) is 13.9. The van der Waals surface area contributed by atoms with E-state index < -0.39 is 35.5 Å². The fraction of sp³-hybridized carbons (Fsp3) is 0.444. The number of hydrogen-bond donors (Lipinski definition) is 1. The van der Waals surface area contributed by atoms with E-state index in [-0.39, 0.29) is 29.4 Å². The highest BCUT2D eigenvalue weighted by Crippen LogP contribution is 2.32. The quantitative estimate of drug-likeness (QED) is 0.687. The molecule has 8 nitrogen and oxygen atoms in total. The van der Waals surface area contributed by atoms with Gasteiger partial charge in [-0.2, -0.15) is 18.4 Å². The van der Waals surface area contributed by atoms with E-state index in [2.05, 4.69) is 15.5 Å². The van der Waals surface area contributed by atoms with Crippen LogP contribution in [0.2, 0.25) is 5.15 Å². The number of alkyl carbamates (subject to hydrolysis) is 1. The number of hydrogen-bond acceptors (Lipinski definition) is 7. The minimum atomic E-state index is -4.73. The van der Waals surface area contributed by atoms with Crippen molar-refractivity contribution >= 4 is 17.7 Å². The second-order valence-corrected chi connectivity index (χ2v) is 7.42. The third kappa shape index (κ3) is 6.81. The van der Waals surface area contributed by atoms with Gasteiger partial charge in [-0.1, -0.05) is 16.8 Å². The summed E-state index contributed by atoms with van der Waals surface area (Å²) < 4.78 is 54.6. The van der Waals surface area contributed by atoms with E-state index in [0.29, 0.717) is 6.07 Å². The highest BCUT2D eigenvalue weighted by atomic mass is 35.5. The van der Waals surface area contributed by atoms with Gasteiger partial charge in [0.25, 0.3) is 0 Å². The van der Waals surface area contributed by atoms with Crippen LogP contribution in [0, 0.1) is 11.3 Å². The SMILES string of the molecule is CC(C)(C)OC(=O)NCC[C@@H](Oc1nc(C(F)(F)F)ccc1C#N)c1cc(Cl)no1. The zero-order valence-electron chi connectivity index (χ0n) is 16.2. The van der Waals surface area contributed by atoms with E-state index in [4.69, 9.17) is 25.6 Å². The van der Waals surface area contributed by atoms with E-state index in [0.717, 1.165) is 6.07 Å². The van der Waals surface area contributed by atoms with Gasteiger partial charge in [-0.3, -0.25) is 0 Å². The fourth-order valence-corrected chi connectivity index (χ4v) is 2.35. The van der Waals surface area contributed by atoms with Gasteiger partial charge in [0.05, 0.1) is 0 Å². The van der Waals surface area contributed by atoms with Crippen molar-refractivity contribution in [1.29, 1.82) is 5.26 Å². The van der Waals surface area contributed by atoms with Crippen molar-refractivity contribution in [2.45, 2.75) is 45.1 Å². The predicted molar refractivity (Wildman–Crippen MR) is 97.7 cm³/mol. The molecule has 0 aliphatic heterocycles. The average molecular weight is 447 g/mol. The molecule has 2 aromatic rings. The van der Waals surface area contributed by atoms with Gasteiger partial charge in [0.2, 0.25) is 5.88 Å². The minimum absolute atomic E-state index is 0.00351. The van der Waals surface area contributed by atoms with E-state index in [1.807, 2.05) is 0 Å². The highest BCUT2D eigenvalue weighted by molar-refractivity contribution is 6.29. The molecule has 12 heteroatoms. The molecule has 0 spiro atoms. The van der Waals surface area contributed by atoms with Crippen LogP contribution in [0.25, 0.3) is 0 Å². The lowest BCUT2D eigenvalue weighted by Gasteiger charge is -2.21. The molecule has 1 N–H and O–H groups in total. The number of nitrogens with zero attached hydrogens (tertiary/aromatic N) is 3. The summed E-state index contributed by atoms with van der Waals surface area (Å²) >= 11 is 5.74. The molecule has 2 heterocycles. The Morgan fingerprint density at radius 1 is 1.37 bits per heavy atom. The second-order valence-electron chi connectivity index (χ2n) is 7.03. The lowest BCUT2D eigenvalue weighted by atomic mass is 10.2. The number of pyridine rings is 1. The first-order valence-electron chi connectivity index (χ1n) is 8.63. The minimum Gasteiger partial charge on any atom is -0.465 e. The molecule has 162 valence electrons. The number of carbonyl (C=O) groups excluding carboxylic acids is 1. The molecule has 0 fully saturated rings. The molecule has 0 radical (unpaired) electrons. The monoisotopic (exact) mass is 446 g/mol. The molecule has 1 amide bonds. The van der Waals surface area contributed by atoms with Gasteiger partial charge in [0, 0.05) is 19.0 Å². The normalized spacial score (nSPS) is 12.7. The molecular formula is C18H18ClF3N4O4. The largest absolute Gasteiger partial charge is 0.465 e. The number of halogens is 4. The van der Waals surface area contributed by atoms with Crippen LogP contribution in [0.15, 0.2) is 22.7 Å². The van der Waals surface area contributed by atoms with E-state index >= 15 is 0 Å². The summed E-state index contributed by atoms with van der Waals surface area (Å²) in [7, 11) is 0. The topological polar surface area (TPSA) is 110 Å². The van der Waals surface area contributed by atoms with Crippen molar-refractivity contribution in [3.8, 4) is 11.9 Å². The van der Waals surface area contributed by atoms with Crippen molar-refractivity contribution in [3.63, 3.8) is 0 Å². The van der Waals surface area contributed by atoms with Crippen molar-refractivity contribution < 1.29 is 32.0 Å². The maximum absolute atomic E-state index is 13.0. The van der Waals surface area contributed by atoms with Crippen LogP contribution in [0.3, 0.4) is 0 Å². The van der Waals surface area contributed by atoms with Gasteiger partial charge in [-0.15, -0.1) is 0 Å². The summed E-state index contributed by atoms with van der Waals surface area (Å²) in [5.41, 5.74) is -2.14.